The summed E-state index contributed by atoms with van der Waals surface area (Å²) in [6.07, 6.45) is 5.31. The van der Waals surface area contributed by atoms with E-state index >= 15 is 0 Å². The van der Waals surface area contributed by atoms with Crippen LogP contribution in [0.25, 0.3) is 27.8 Å². The molecule has 8 nitrogen and oxygen atoms in total. The molecule has 39 heavy (non-hydrogen) atoms. The Morgan fingerprint density at radius 2 is 1.82 bits per heavy atom. The van der Waals surface area contributed by atoms with Gasteiger partial charge < -0.3 is 5.32 Å². The number of hydrogen-bond acceptors (Lipinski definition) is 5. The predicted octanol–water partition coefficient (Wildman–Crippen LogP) is 4.88. The zero-order chi connectivity index (χ0) is 26.9. The summed E-state index contributed by atoms with van der Waals surface area (Å²) in [6, 6.07) is 21.3. The standard InChI is InChI=1S/C31H25N7O/c1-20(33-31(39)27-21(2)35-38-17-8-16-32-30(27)38)26-19-24-12-7-11-23(13-14-25-15-18-37(3)36-25)28(24)34-29(26)22-9-5-4-6-10-22/h4-12,15-20H,1-3H3,(H,33,39). The molecule has 6 aromatic rings. The smallest absolute Gasteiger partial charge is 0.257 e. The van der Waals surface area contributed by atoms with Gasteiger partial charge in [0.1, 0.15) is 11.3 Å². The van der Waals surface area contributed by atoms with E-state index in [1.165, 1.54) is 0 Å². The first-order valence-corrected chi connectivity index (χ1v) is 12.6. The molecule has 6 rings (SSSR count). The Balaban J connectivity index is 1.43. The molecular weight excluding hydrogens is 486 g/mol. The Morgan fingerprint density at radius 3 is 2.62 bits per heavy atom. The minimum Gasteiger partial charge on any atom is -0.345 e. The molecule has 4 heterocycles. The summed E-state index contributed by atoms with van der Waals surface area (Å²) >= 11 is 0. The van der Waals surface area contributed by atoms with Crippen molar-refractivity contribution in [2.45, 2.75) is 19.9 Å². The lowest BCUT2D eigenvalue weighted by Crippen LogP contribution is -2.27. The minimum absolute atomic E-state index is 0.234. The molecule has 0 saturated carbocycles. The van der Waals surface area contributed by atoms with Crippen LogP contribution in [-0.2, 0) is 7.05 Å². The van der Waals surface area contributed by atoms with E-state index in [-0.39, 0.29) is 11.9 Å². The quantitative estimate of drug-likeness (QED) is 0.341. The molecule has 0 aliphatic heterocycles. The maximum absolute atomic E-state index is 13.5. The van der Waals surface area contributed by atoms with Crippen molar-refractivity contribution < 1.29 is 4.79 Å². The molecule has 0 spiro atoms. The van der Waals surface area contributed by atoms with Gasteiger partial charge in [0.05, 0.1) is 28.5 Å². The molecule has 190 valence electrons. The maximum atomic E-state index is 13.5. The van der Waals surface area contributed by atoms with Crippen molar-refractivity contribution in [3.8, 4) is 23.1 Å². The average molecular weight is 512 g/mol. The third-order valence-electron chi connectivity index (χ3n) is 6.57. The van der Waals surface area contributed by atoms with E-state index in [4.69, 9.17) is 4.98 Å². The molecule has 1 N–H and O–H groups in total. The number of amides is 1. The van der Waals surface area contributed by atoms with Crippen LogP contribution in [0.2, 0.25) is 0 Å². The molecule has 0 aliphatic carbocycles. The summed E-state index contributed by atoms with van der Waals surface area (Å²) in [7, 11) is 1.87. The van der Waals surface area contributed by atoms with Crippen molar-refractivity contribution in [3.63, 3.8) is 0 Å². The van der Waals surface area contributed by atoms with Crippen LogP contribution in [-0.4, -0.2) is 35.3 Å². The zero-order valence-corrected chi connectivity index (χ0v) is 21.8. The second-order valence-corrected chi connectivity index (χ2v) is 9.34. The molecule has 0 saturated heterocycles. The van der Waals surface area contributed by atoms with Crippen LogP contribution in [0.3, 0.4) is 0 Å². The first kappa shape index (κ1) is 24.1. The van der Waals surface area contributed by atoms with Crippen LogP contribution >= 0.6 is 0 Å². The van der Waals surface area contributed by atoms with E-state index in [1.807, 2.05) is 81.7 Å². The van der Waals surface area contributed by atoms with Crippen molar-refractivity contribution in [1.82, 2.24) is 34.7 Å². The van der Waals surface area contributed by atoms with Gasteiger partial charge in [-0.05, 0) is 44.0 Å². The number of fused-ring (bicyclic) bond motifs is 2. The molecule has 1 amide bonds. The second-order valence-electron chi connectivity index (χ2n) is 9.34. The van der Waals surface area contributed by atoms with Crippen molar-refractivity contribution in [3.05, 3.63) is 113 Å². The fraction of sp³-hybridized carbons (Fsp3) is 0.129. The Bertz CT molecular complexity index is 1910. The monoisotopic (exact) mass is 511 g/mol. The molecular formula is C31H25N7O. The lowest BCUT2D eigenvalue weighted by atomic mass is 9.97. The van der Waals surface area contributed by atoms with Gasteiger partial charge in [0.25, 0.3) is 5.91 Å². The Labute approximate surface area is 225 Å². The van der Waals surface area contributed by atoms with Crippen molar-refractivity contribution >= 4 is 22.5 Å². The SMILES string of the molecule is Cc1nn2cccnc2c1C(=O)NC(C)c1cc2cccc(C#Cc3ccn(C)n3)c2nc1-c1ccccc1. The topological polar surface area (TPSA) is 90.0 Å². The lowest BCUT2D eigenvalue weighted by molar-refractivity contribution is 0.0941. The zero-order valence-electron chi connectivity index (χ0n) is 21.8. The molecule has 0 aliphatic rings. The highest BCUT2D eigenvalue weighted by Crippen LogP contribution is 2.31. The summed E-state index contributed by atoms with van der Waals surface area (Å²) < 4.78 is 3.35. The van der Waals surface area contributed by atoms with E-state index in [9.17, 15) is 4.79 Å². The third-order valence-corrected chi connectivity index (χ3v) is 6.57. The minimum atomic E-state index is -0.342. The molecule has 0 bridgehead atoms. The number of aryl methyl sites for hydroxylation is 2. The van der Waals surface area contributed by atoms with Crippen LogP contribution in [0.4, 0.5) is 0 Å². The van der Waals surface area contributed by atoms with Gasteiger partial charge in [0.2, 0.25) is 0 Å². The van der Waals surface area contributed by atoms with E-state index in [2.05, 4.69) is 38.4 Å². The molecule has 8 heteroatoms. The molecule has 1 unspecified atom stereocenters. The predicted molar refractivity (Wildman–Crippen MR) is 150 cm³/mol. The highest BCUT2D eigenvalue weighted by atomic mass is 16.1. The highest BCUT2D eigenvalue weighted by molar-refractivity contribution is 6.01. The number of hydrogen-bond donors (Lipinski definition) is 1. The molecule has 0 radical (unpaired) electrons. The summed E-state index contributed by atoms with van der Waals surface area (Å²) in [5, 5.41) is 12.9. The van der Waals surface area contributed by atoms with Gasteiger partial charge in [-0.25, -0.2) is 14.5 Å². The summed E-state index contributed by atoms with van der Waals surface area (Å²) in [5.41, 5.74) is 6.56. The van der Waals surface area contributed by atoms with E-state index in [0.29, 0.717) is 22.6 Å². The Kier molecular flexibility index (Phi) is 6.10. The van der Waals surface area contributed by atoms with Gasteiger partial charge >= 0.3 is 0 Å². The Morgan fingerprint density at radius 1 is 0.974 bits per heavy atom. The number of para-hydroxylation sites is 1. The first-order chi connectivity index (χ1) is 19.0. The highest BCUT2D eigenvalue weighted by Gasteiger charge is 2.22. The summed E-state index contributed by atoms with van der Waals surface area (Å²) in [5.74, 6) is 6.15. The molecule has 2 aromatic carbocycles. The van der Waals surface area contributed by atoms with Gasteiger partial charge in [-0.3, -0.25) is 9.48 Å². The van der Waals surface area contributed by atoms with Crippen LogP contribution in [0, 0.1) is 18.8 Å². The lowest BCUT2D eigenvalue weighted by Gasteiger charge is -2.19. The second kappa shape index (κ2) is 9.88. The first-order valence-electron chi connectivity index (χ1n) is 12.6. The summed E-state index contributed by atoms with van der Waals surface area (Å²) in [4.78, 5) is 22.9. The van der Waals surface area contributed by atoms with Crippen LogP contribution in [0.15, 0.2) is 85.3 Å². The van der Waals surface area contributed by atoms with E-state index in [1.54, 1.807) is 27.7 Å². The maximum Gasteiger partial charge on any atom is 0.257 e. The number of benzene rings is 2. The number of aromatic nitrogens is 6. The number of nitrogens with one attached hydrogen (secondary N) is 1. The van der Waals surface area contributed by atoms with Gasteiger partial charge in [0.15, 0.2) is 5.65 Å². The van der Waals surface area contributed by atoms with Gasteiger partial charge in [-0.1, -0.05) is 48.4 Å². The van der Waals surface area contributed by atoms with Crippen LogP contribution < -0.4 is 5.32 Å². The molecule has 0 fully saturated rings. The normalized spacial score (nSPS) is 11.8. The Hall–Kier alpha value is -5.29. The number of nitrogens with zero attached hydrogens (tertiary/aromatic N) is 6. The molecule has 1 atom stereocenters. The molecule has 4 aromatic heterocycles. The van der Waals surface area contributed by atoms with Crippen molar-refractivity contribution in [1.29, 1.82) is 0 Å². The average Bonchev–Trinajstić information content (AvgIpc) is 3.52. The van der Waals surface area contributed by atoms with Crippen LogP contribution in [0.1, 0.15) is 45.8 Å². The van der Waals surface area contributed by atoms with E-state index in [0.717, 1.165) is 33.3 Å². The fourth-order valence-corrected chi connectivity index (χ4v) is 4.70. The number of carbonyl (C=O) groups is 1. The fourth-order valence-electron chi connectivity index (χ4n) is 4.70. The van der Waals surface area contributed by atoms with Crippen molar-refractivity contribution in [2.75, 3.05) is 0 Å². The number of pyridine rings is 1. The number of rotatable bonds is 4. The van der Waals surface area contributed by atoms with Gasteiger partial charge in [-0.15, -0.1) is 0 Å². The van der Waals surface area contributed by atoms with E-state index < -0.39 is 0 Å². The summed E-state index contributed by atoms with van der Waals surface area (Å²) in [6.45, 7) is 3.78. The van der Waals surface area contributed by atoms with Crippen LogP contribution in [0.5, 0.6) is 0 Å². The van der Waals surface area contributed by atoms with Crippen molar-refractivity contribution in [2.24, 2.45) is 7.05 Å². The van der Waals surface area contributed by atoms with Gasteiger partial charge in [0, 0.05) is 42.2 Å². The number of carbonyl (C=O) groups excluding carboxylic acids is 1. The third kappa shape index (κ3) is 4.62. The largest absolute Gasteiger partial charge is 0.345 e. The van der Waals surface area contributed by atoms with Gasteiger partial charge in [-0.2, -0.15) is 10.2 Å².